The van der Waals surface area contributed by atoms with Crippen LogP contribution < -0.4 is 5.32 Å². The maximum atomic E-state index is 13.1. The van der Waals surface area contributed by atoms with E-state index < -0.39 is 11.6 Å². The number of hydrogen-bond donors (Lipinski definition) is 1. The van der Waals surface area contributed by atoms with Crippen molar-refractivity contribution in [3.05, 3.63) is 65.2 Å². The summed E-state index contributed by atoms with van der Waals surface area (Å²) in [5.41, 5.74) is 1.99. The van der Waals surface area contributed by atoms with Crippen LogP contribution in [0.25, 0.3) is 0 Å². The summed E-state index contributed by atoms with van der Waals surface area (Å²) in [4.78, 5) is 1.12. The molecule has 0 aliphatic carbocycles. The van der Waals surface area contributed by atoms with E-state index in [1.54, 1.807) is 17.8 Å². The highest BCUT2D eigenvalue weighted by atomic mass is 32.2. The minimum Gasteiger partial charge on any atom is -0.316 e. The standard InChI is InChI=1S/C15H15F2NS/c1-18-9-11-3-2-4-13(7-11)19-10-12-5-6-14(16)15(17)8-12/h2-8,18H,9-10H2,1H3. The Hall–Kier alpha value is -1.39. The van der Waals surface area contributed by atoms with Gasteiger partial charge in [0.25, 0.3) is 0 Å². The lowest BCUT2D eigenvalue weighted by Gasteiger charge is -2.05. The number of nitrogens with one attached hydrogen (secondary N) is 1. The number of rotatable bonds is 5. The van der Waals surface area contributed by atoms with E-state index in [0.29, 0.717) is 5.75 Å². The molecule has 0 unspecified atom stereocenters. The lowest BCUT2D eigenvalue weighted by atomic mass is 10.2. The van der Waals surface area contributed by atoms with E-state index in [0.717, 1.165) is 17.0 Å². The molecule has 0 saturated carbocycles. The summed E-state index contributed by atoms with van der Waals surface area (Å²) in [5.74, 6) is -0.966. The van der Waals surface area contributed by atoms with Crippen LogP contribution in [-0.4, -0.2) is 7.05 Å². The van der Waals surface area contributed by atoms with Gasteiger partial charge in [-0.15, -0.1) is 11.8 Å². The van der Waals surface area contributed by atoms with Crippen molar-refractivity contribution >= 4 is 11.8 Å². The summed E-state index contributed by atoms with van der Waals surface area (Å²) >= 11 is 1.61. The van der Waals surface area contributed by atoms with Crippen molar-refractivity contribution in [3.63, 3.8) is 0 Å². The van der Waals surface area contributed by atoms with E-state index in [-0.39, 0.29) is 0 Å². The molecule has 1 N–H and O–H groups in total. The Morgan fingerprint density at radius 1 is 1.00 bits per heavy atom. The summed E-state index contributed by atoms with van der Waals surface area (Å²) in [5, 5.41) is 3.10. The molecule has 0 aliphatic rings. The van der Waals surface area contributed by atoms with Gasteiger partial charge in [0.1, 0.15) is 0 Å². The summed E-state index contributed by atoms with van der Waals surface area (Å²) in [6.45, 7) is 0.819. The molecule has 19 heavy (non-hydrogen) atoms. The molecule has 0 fully saturated rings. The number of halogens is 2. The van der Waals surface area contributed by atoms with E-state index in [2.05, 4.69) is 17.4 Å². The van der Waals surface area contributed by atoms with Gasteiger partial charge in [-0.25, -0.2) is 8.78 Å². The monoisotopic (exact) mass is 279 g/mol. The minimum atomic E-state index is -0.801. The zero-order valence-corrected chi connectivity index (χ0v) is 11.4. The highest BCUT2D eigenvalue weighted by Crippen LogP contribution is 2.24. The quantitative estimate of drug-likeness (QED) is 0.831. The lowest BCUT2D eigenvalue weighted by Crippen LogP contribution is -2.04. The van der Waals surface area contributed by atoms with Crippen LogP contribution in [0.15, 0.2) is 47.4 Å². The fourth-order valence-electron chi connectivity index (χ4n) is 1.75. The molecule has 0 saturated heterocycles. The van der Waals surface area contributed by atoms with Gasteiger partial charge >= 0.3 is 0 Å². The summed E-state index contributed by atoms with van der Waals surface area (Å²) < 4.78 is 25.9. The average Bonchev–Trinajstić information content (AvgIpc) is 2.41. The largest absolute Gasteiger partial charge is 0.316 e. The fraction of sp³-hybridized carbons (Fsp3) is 0.200. The smallest absolute Gasteiger partial charge is 0.159 e. The number of benzene rings is 2. The molecular formula is C15H15F2NS. The Balaban J connectivity index is 2.01. The van der Waals surface area contributed by atoms with Gasteiger partial charge in [-0.1, -0.05) is 18.2 Å². The first-order valence-electron chi connectivity index (χ1n) is 5.99. The zero-order valence-electron chi connectivity index (χ0n) is 10.6. The predicted molar refractivity (Wildman–Crippen MR) is 75.1 cm³/mol. The second kappa shape index (κ2) is 6.68. The Kier molecular flexibility index (Phi) is 4.93. The predicted octanol–water partition coefficient (Wildman–Crippen LogP) is 3.98. The van der Waals surface area contributed by atoms with Gasteiger partial charge in [-0.2, -0.15) is 0 Å². The molecular weight excluding hydrogens is 264 g/mol. The molecule has 0 aromatic heterocycles. The molecule has 1 nitrogen and oxygen atoms in total. The number of hydrogen-bond acceptors (Lipinski definition) is 2. The average molecular weight is 279 g/mol. The van der Waals surface area contributed by atoms with Crippen LogP contribution in [0.5, 0.6) is 0 Å². The molecule has 0 spiro atoms. The highest BCUT2D eigenvalue weighted by molar-refractivity contribution is 7.98. The van der Waals surface area contributed by atoms with Crippen molar-refractivity contribution in [2.45, 2.75) is 17.2 Å². The van der Waals surface area contributed by atoms with Crippen LogP contribution in [0.4, 0.5) is 8.78 Å². The van der Waals surface area contributed by atoms with Crippen molar-refractivity contribution in [2.75, 3.05) is 7.05 Å². The van der Waals surface area contributed by atoms with Crippen LogP contribution in [-0.2, 0) is 12.3 Å². The van der Waals surface area contributed by atoms with Crippen LogP contribution >= 0.6 is 11.8 Å². The van der Waals surface area contributed by atoms with Crippen molar-refractivity contribution in [2.24, 2.45) is 0 Å². The molecule has 0 aliphatic heterocycles. The van der Waals surface area contributed by atoms with E-state index in [4.69, 9.17) is 0 Å². The molecule has 100 valence electrons. The zero-order chi connectivity index (χ0) is 13.7. The van der Waals surface area contributed by atoms with Crippen molar-refractivity contribution in [1.82, 2.24) is 5.32 Å². The van der Waals surface area contributed by atoms with Crippen molar-refractivity contribution in [1.29, 1.82) is 0 Å². The fourth-order valence-corrected chi connectivity index (χ4v) is 2.67. The third-order valence-corrected chi connectivity index (χ3v) is 3.73. The molecule has 2 aromatic carbocycles. The Morgan fingerprint density at radius 2 is 1.84 bits per heavy atom. The Morgan fingerprint density at radius 3 is 2.58 bits per heavy atom. The second-order valence-corrected chi connectivity index (χ2v) is 5.26. The van der Waals surface area contributed by atoms with Crippen molar-refractivity contribution < 1.29 is 8.78 Å². The molecule has 0 atom stereocenters. The van der Waals surface area contributed by atoms with Crippen LogP contribution in [0.2, 0.25) is 0 Å². The summed E-state index contributed by atoms with van der Waals surface area (Å²) in [6, 6.07) is 12.2. The Bertz CT molecular complexity index is 558. The van der Waals surface area contributed by atoms with Gasteiger partial charge in [0, 0.05) is 17.2 Å². The molecule has 2 rings (SSSR count). The van der Waals surface area contributed by atoms with Gasteiger partial charge in [0.15, 0.2) is 11.6 Å². The molecule has 0 radical (unpaired) electrons. The third-order valence-electron chi connectivity index (χ3n) is 2.67. The van der Waals surface area contributed by atoms with Gasteiger partial charge in [0.05, 0.1) is 0 Å². The maximum Gasteiger partial charge on any atom is 0.159 e. The number of thioether (sulfide) groups is 1. The van der Waals surface area contributed by atoms with Gasteiger partial charge in [0.2, 0.25) is 0 Å². The maximum absolute atomic E-state index is 13.1. The topological polar surface area (TPSA) is 12.0 Å². The molecule has 2 aromatic rings. The lowest BCUT2D eigenvalue weighted by molar-refractivity contribution is 0.507. The van der Waals surface area contributed by atoms with E-state index in [1.807, 2.05) is 19.2 Å². The van der Waals surface area contributed by atoms with E-state index in [1.165, 1.54) is 17.7 Å². The summed E-state index contributed by atoms with van der Waals surface area (Å²) in [6.07, 6.45) is 0. The first kappa shape index (κ1) is 14.0. The van der Waals surface area contributed by atoms with Gasteiger partial charge < -0.3 is 5.32 Å². The normalized spacial score (nSPS) is 10.7. The van der Waals surface area contributed by atoms with Gasteiger partial charge in [-0.05, 0) is 42.4 Å². The van der Waals surface area contributed by atoms with E-state index >= 15 is 0 Å². The SMILES string of the molecule is CNCc1cccc(SCc2ccc(F)c(F)c2)c1. The third kappa shape index (κ3) is 4.04. The van der Waals surface area contributed by atoms with Gasteiger partial charge in [-0.3, -0.25) is 0 Å². The molecule has 0 amide bonds. The summed E-state index contributed by atoms with van der Waals surface area (Å²) in [7, 11) is 1.90. The minimum absolute atomic E-state index is 0.625. The van der Waals surface area contributed by atoms with Crippen molar-refractivity contribution in [3.8, 4) is 0 Å². The van der Waals surface area contributed by atoms with E-state index in [9.17, 15) is 8.78 Å². The first-order valence-corrected chi connectivity index (χ1v) is 6.98. The molecule has 0 bridgehead atoms. The van der Waals surface area contributed by atoms with Crippen LogP contribution in [0.1, 0.15) is 11.1 Å². The Labute approximate surface area is 116 Å². The molecule has 4 heteroatoms. The second-order valence-electron chi connectivity index (χ2n) is 4.21. The first-order chi connectivity index (χ1) is 9.19. The van der Waals surface area contributed by atoms with Crippen LogP contribution in [0.3, 0.4) is 0 Å². The molecule has 0 heterocycles. The highest BCUT2D eigenvalue weighted by Gasteiger charge is 2.03. The van der Waals surface area contributed by atoms with Crippen LogP contribution in [0, 0.1) is 11.6 Å².